The zero-order chi connectivity index (χ0) is 10.4. The second kappa shape index (κ2) is 5.88. The summed E-state index contributed by atoms with van der Waals surface area (Å²) in [5.41, 5.74) is 0.555. The Morgan fingerprint density at radius 2 is 2.29 bits per heavy atom. The molecule has 1 aromatic carbocycles. The molecule has 0 atom stereocenters. The van der Waals surface area contributed by atoms with E-state index in [2.05, 4.69) is 0 Å². The predicted molar refractivity (Wildman–Crippen MR) is 56.2 cm³/mol. The zero-order valence-corrected chi connectivity index (χ0v) is 8.81. The molecule has 0 aromatic heterocycles. The van der Waals surface area contributed by atoms with E-state index in [4.69, 9.17) is 9.84 Å². The molecule has 0 bridgehead atoms. The number of ether oxygens (including phenoxy) is 1. The van der Waals surface area contributed by atoms with Crippen molar-refractivity contribution in [1.29, 1.82) is 0 Å². The van der Waals surface area contributed by atoms with Crippen molar-refractivity contribution in [3.8, 4) is 5.75 Å². The first-order valence-electron chi connectivity index (χ1n) is 4.29. The highest BCUT2D eigenvalue weighted by atomic mass is 32.2. The molecule has 2 nitrogen and oxygen atoms in total. The van der Waals surface area contributed by atoms with Crippen molar-refractivity contribution >= 4 is 11.8 Å². The van der Waals surface area contributed by atoms with Gasteiger partial charge in [0.2, 0.25) is 0 Å². The summed E-state index contributed by atoms with van der Waals surface area (Å²) < 4.78 is 18.4. The second-order valence-corrected chi connectivity index (χ2v) is 3.75. The number of thioether (sulfide) groups is 1. The monoisotopic (exact) mass is 216 g/mol. The van der Waals surface area contributed by atoms with E-state index in [1.54, 1.807) is 23.9 Å². The standard InChI is InChI=1S/C10H13FO2S/c1-14-5-4-13-10-3-2-8(7-12)6-9(10)11/h2-3,6,12H,4-5,7H2,1H3. The molecular formula is C10H13FO2S. The molecule has 78 valence electrons. The lowest BCUT2D eigenvalue weighted by molar-refractivity contribution is 0.280. The van der Waals surface area contributed by atoms with Crippen LogP contribution in [-0.4, -0.2) is 23.7 Å². The maximum atomic E-state index is 13.2. The third-order valence-electron chi connectivity index (χ3n) is 1.72. The summed E-state index contributed by atoms with van der Waals surface area (Å²) in [7, 11) is 0. The van der Waals surface area contributed by atoms with Gasteiger partial charge in [-0.05, 0) is 24.0 Å². The number of aliphatic hydroxyl groups excluding tert-OH is 1. The molecule has 1 aromatic rings. The van der Waals surface area contributed by atoms with Crippen LogP contribution in [0.1, 0.15) is 5.56 Å². The maximum absolute atomic E-state index is 13.2. The van der Waals surface area contributed by atoms with Crippen molar-refractivity contribution in [1.82, 2.24) is 0 Å². The van der Waals surface area contributed by atoms with E-state index in [0.717, 1.165) is 5.75 Å². The van der Waals surface area contributed by atoms with Crippen molar-refractivity contribution in [3.63, 3.8) is 0 Å². The number of rotatable bonds is 5. The normalized spacial score (nSPS) is 10.2. The molecule has 0 saturated heterocycles. The van der Waals surface area contributed by atoms with Gasteiger partial charge in [-0.1, -0.05) is 6.07 Å². The largest absolute Gasteiger partial charge is 0.490 e. The molecule has 0 unspecified atom stereocenters. The van der Waals surface area contributed by atoms with E-state index in [9.17, 15) is 4.39 Å². The second-order valence-electron chi connectivity index (χ2n) is 2.76. The topological polar surface area (TPSA) is 29.5 Å². The Kier molecular flexibility index (Phi) is 4.76. The van der Waals surface area contributed by atoms with Gasteiger partial charge in [0.25, 0.3) is 0 Å². The van der Waals surface area contributed by atoms with Crippen molar-refractivity contribution < 1.29 is 14.2 Å². The van der Waals surface area contributed by atoms with Crippen LogP contribution in [0.25, 0.3) is 0 Å². The summed E-state index contributed by atoms with van der Waals surface area (Å²) in [6, 6.07) is 4.48. The van der Waals surface area contributed by atoms with Crippen LogP contribution in [0.2, 0.25) is 0 Å². The molecule has 0 spiro atoms. The van der Waals surface area contributed by atoms with Crippen molar-refractivity contribution in [3.05, 3.63) is 29.6 Å². The lowest BCUT2D eigenvalue weighted by Crippen LogP contribution is -2.01. The van der Waals surface area contributed by atoms with Gasteiger partial charge in [0.05, 0.1) is 13.2 Å². The van der Waals surface area contributed by atoms with Gasteiger partial charge < -0.3 is 9.84 Å². The number of halogens is 1. The molecule has 0 heterocycles. The SMILES string of the molecule is CSCCOc1ccc(CO)cc1F. The molecule has 0 aliphatic heterocycles. The van der Waals surface area contributed by atoms with Crippen molar-refractivity contribution in [2.45, 2.75) is 6.61 Å². The lowest BCUT2D eigenvalue weighted by atomic mass is 10.2. The zero-order valence-electron chi connectivity index (χ0n) is 8.00. The summed E-state index contributed by atoms with van der Waals surface area (Å²) in [6.07, 6.45) is 1.97. The summed E-state index contributed by atoms with van der Waals surface area (Å²) >= 11 is 1.65. The Bertz CT molecular complexity index is 291. The first-order chi connectivity index (χ1) is 6.77. The fourth-order valence-corrected chi connectivity index (χ4v) is 1.24. The molecule has 1 rings (SSSR count). The Hall–Kier alpha value is -0.740. The summed E-state index contributed by atoms with van der Waals surface area (Å²) in [5, 5.41) is 8.76. The minimum atomic E-state index is -0.419. The first-order valence-corrected chi connectivity index (χ1v) is 5.68. The van der Waals surface area contributed by atoms with E-state index >= 15 is 0 Å². The number of benzene rings is 1. The van der Waals surface area contributed by atoms with Crippen LogP contribution in [0, 0.1) is 5.82 Å². The van der Waals surface area contributed by atoms with Gasteiger partial charge in [-0.3, -0.25) is 0 Å². The summed E-state index contributed by atoms with van der Waals surface area (Å²) in [5.74, 6) is 0.662. The van der Waals surface area contributed by atoms with Gasteiger partial charge >= 0.3 is 0 Å². The fourth-order valence-electron chi connectivity index (χ4n) is 0.995. The maximum Gasteiger partial charge on any atom is 0.165 e. The van der Waals surface area contributed by atoms with Gasteiger partial charge in [-0.25, -0.2) is 4.39 Å². The Morgan fingerprint density at radius 3 is 2.86 bits per heavy atom. The predicted octanol–water partition coefficient (Wildman–Crippen LogP) is 2.06. The van der Waals surface area contributed by atoms with Crippen LogP contribution in [0.5, 0.6) is 5.75 Å². The van der Waals surface area contributed by atoms with Gasteiger partial charge in [-0.2, -0.15) is 11.8 Å². The minimum Gasteiger partial charge on any atom is -0.490 e. The molecule has 0 aliphatic rings. The van der Waals surface area contributed by atoms with Crippen molar-refractivity contribution in [2.75, 3.05) is 18.6 Å². The first kappa shape index (κ1) is 11.3. The fraction of sp³-hybridized carbons (Fsp3) is 0.400. The molecule has 0 saturated carbocycles. The van der Waals surface area contributed by atoms with Crippen LogP contribution in [0.15, 0.2) is 18.2 Å². The lowest BCUT2D eigenvalue weighted by Gasteiger charge is -2.06. The van der Waals surface area contributed by atoms with Gasteiger partial charge in [0.1, 0.15) is 0 Å². The molecule has 0 fully saturated rings. The van der Waals surface area contributed by atoms with E-state index in [1.807, 2.05) is 6.26 Å². The molecular weight excluding hydrogens is 203 g/mol. The minimum absolute atomic E-state index is 0.151. The molecule has 14 heavy (non-hydrogen) atoms. The van der Waals surface area contributed by atoms with E-state index in [0.29, 0.717) is 12.2 Å². The van der Waals surface area contributed by atoms with Crippen LogP contribution in [0.4, 0.5) is 4.39 Å². The van der Waals surface area contributed by atoms with E-state index in [-0.39, 0.29) is 12.4 Å². The quantitative estimate of drug-likeness (QED) is 0.764. The van der Waals surface area contributed by atoms with Crippen LogP contribution < -0.4 is 4.74 Å². The highest BCUT2D eigenvalue weighted by molar-refractivity contribution is 7.98. The molecule has 0 aliphatic carbocycles. The van der Waals surface area contributed by atoms with Crippen LogP contribution in [-0.2, 0) is 6.61 Å². The summed E-state index contributed by atoms with van der Waals surface area (Å²) in [6.45, 7) is 0.346. The Morgan fingerprint density at radius 1 is 1.50 bits per heavy atom. The molecule has 1 N–H and O–H groups in total. The van der Waals surface area contributed by atoms with Gasteiger partial charge in [0, 0.05) is 5.75 Å². The summed E-state index contributed by atoms with van der Waals surface area (Å²) in [4.78, 5) is 0. The Labute approximate surface area is 87.1 Å². The highest BCUT2D eigenvalue weighted by Crippen LogP contribution is 2.18. The van der Waals surface area contributed by atoms with E-state index < -0.39 is 5.82 Å². The molecule has 0 radical (unpaired) electrons. The van der Waals surface area contributed by atoms with Crippen LogP contribution in [0.3, 0.4) is 0 Å². The average Bonchev–Trinajstić information content (AvgIpc) is 2.20. The highest BCUT2D eigenvalue weighted by Gasteiger charge is 2.03. The Balaban J connectivity index is 2.59. The molecule has 0 amide bonds. The number of aliphatic hydroxyl groups is 1. The van der Waals surface area contributed by atoms with Gasteiger partial charge in [0.15, 0.2) is 11.6 Å². The third-order valence-corrected chi connectivity index (χ3v) is 2.30. The van der Waals surface area contributed by atoms with E-state index in [1.165, 1.54) is 6.07 Å². The number of hydrogen-bond acceptors (Lipinski definition) is 3. The smallest absolute Gasteiger partial charge is 0.165 e. The number of hydrogen-bond donors (Lipinski definition) is 1. The van der Waals surface area contributed by atoms with Crippen LogP contribution >= 0.6 is 11.8 Å². The third kappa shape index (κ3) is 3.20. The average molecular weight is 216 g/mol. The van der Waals surface area contributed by atoms with Gasteiger partial charge in [-0.15, -0.1) is 0 Å². The van der Waals surface area contributed by atoms with Crippen molar-refractivity contribution in [2.24, 2.45) is 0 Å². The molecule has 4 heteroatoms.